The van der Waals surface area contributed by atoms with Crippen molar-refractivity contribution in [3.05, 3.63) is 47.5 Å². The molecule has 0 aliphatic carbocycles. The van der Waals surface area contributed by atoms with E-state index in [2.05, 4.69) is 15.6 Å². The van der Waals surface area contributed by atoms with Crippen LogP contribution >= 0.6 is 0 Å². The molecule has 2 rings (SSSR count). The van der Waals surface area contributed by atoms with E-state index in [9.17, 15) is 4.39 Å². The van der Waals surface area contributed by atoms with E-state index < -0.39 is 0 Å². The number of nitrogens with zero attached hydrogens (tertiary/aromatic N) is 3. The Morgan fingerprint density at radius 1 is 1.31 bits per heavy atom. The average molecular weight is 220 g/mol. The minimum atomic E-state index is -0.182. The lowest BCUT2D eigenvalue weighted by Gasteiger charge is -2.05. The van der Waals surface area contributed by atoms with Crippen molar-refractivity contribution < 1.29 is 4.39 Å². The minimum absolute atomic E-state index is 0.182. The van der Waals surface area contributed by atoms with E-state index in [1.54, 1.807) is 23.0 Å². The third-order valence-electron chi connectivity index (χ3n) is 2.39. The van der Waals surface area contributed by atoms with Gasteiger partial charge in [-0.3, -0.25) is 4.68 Å². The molecule has 0 bridgehead atoms. The monoisotopic (exact) mass is 220 g/mol. The highest BCUT2D eigenvalue weighted by Crippen LogP contribution is 2.05. The Labute approximate surface area is 93.1 Å². The van der Waals surface area contributed by atoms with Crippen LogP contribution < -0.4 is 5.32 Å². The van der Waals surface area contributed by atoms with E-state index in [1.807, 2.05) is 13.1 Å². The molecule has 4 nitrogen and oxygen atoms in total. The molecule has 0 amide bonds. The number of hydrogen-bond acceptors (Lipinski definition) is 3. The molecular formula is C11H13FN4. The summed E-state index contributed by atoms with van der Waals surface area (Å²) in [6.07, 6.45) is 1.69. The topological polar surface area (TPSA) is 42.7 Å². The predicted octanol–water partition coefficient (Wildman–Crippen LogP) is 1.24. The Kier molecular flexibility index (Phi) is 3.26. The lowest BCUT2D eigenvalue weighted by Crippen LogP contribution is -2.16. The fraction of sp³-hybridized carbons (Fsp3) is 0.273. The van der Waals surface area contributed by atoms with Gasteiger partial charge in [0.1, 0.15) is 5.82 Å². The van der Waals surface area contributed by atoms with Crippen molar-refractivity contribution in [2.24, 2.45) is 7.05 Å². The van der Waals surface area contributed by atoms with Crippen LogP contribution in [-0.4, -0.2) is 15.0 Å². The van der Waals surface area contributed by atoms with Crippen molar-refractivity contribution in [1.82, 2.24) is 20.3 Å². The van der Waals surface area contributed by atoms with Gasteiger partial charge in [0.05, 0.1) is 11.9 Å². The van der Waals surface area contributed by atoms with Gasteiger partial charge in [0, 0.05) is 25.7 Å². The number of halogens is 1. The molecule has 1 N–H and O–H groups in total. The lowest BCUT2D eigenvalue weighted by molar-refractivity contribution is 0.575. The van der Waals surface area contributed by atoms with Crippen molar-refractivity contribution in [2.45, 2.75) is 13.1 Å². The highest BCUT2D eigenvalue weighted by molar-refractivity contribution is 5.17. The summed E-state index contributed by atoms with van der Waals surface area (Å²) >= 11 is 0. The molecule has 16 heavy (non-hydrogen) atoms. The average Bonchev–Trinajstić information content (AvgIpc) is 2.67. The van der Waals surface area contributed by atoms with Gasteiger partial charge in [-0.05, 0) is 6.07 Å². The van der Waals surface area contributed by atoms with Gasteiger partial charge in [-0.2, -0.15) is 0 Å². The molecule has 1 aromatic carbocycles. The first-order valence-electron chi connectivity index (χ1n) is 5.05. The van der Waals surface area contributed by atoms with Crippen molar-refractivity contribution in [2.75, 3.05) is 0 Å². The lowest BCUT2D eigenvalue weighted by atomic mass is 10.2. The maximum absolute atomic E-state index is 13.3. The van der Waals surface area contributed by atoms with Crippen LogP contribution in [0.3, 0.4) is 0 Å². The molecule has 0 fully saturated rings. The minimum Gasteiger partial charge on any atom is -0.307 e. The summed E-state index contributed by atoms with van der Waals surface area (Å²) < 4.78 is 15.0. The largest absolute Gasteiger partial charge is 0.307 e. The molecule has 0 saturated heterocycles. The zero-order valence-electron chi connectivity index (χ0n) is 9.02. The molecular weight excluding hydrogens is 207 g/mol. The molecule has 0 saturated carbocycles. The van der Waals surface area contributed by atoms with Crippen LogP contribution in [-0.2, 0) is 20.1 Å². The first-order valence-corrected chi connectivity index (χ1v) is 5.05. The standard InChI is InChI=1S/C11H13FN4/c1-16-10(8-14-15-16)7-13-6-9-4-2-3-5-11(9)12/h2-5,8,13H,6-7H2,1H3. The van der Waals surface area contributed by atoms with E-state index in [-0.39, 0.29) is 5.82 Å². The van der Waals surface area contributed by atoms with Crippen molar-refractivity contribution in [3.63, 3.8) is 0 Å². The summed E-state index contributed by atoms with van der Waals surface area (Å²) in [4.78, 5) is 0. The summed E-state index contributed by atoms with van der Waals surface area (Å²) in [5.41, 5.74) is 1.63. The molecule has 0 radical (unpaired) electrons. The second-order valence-electron chi connectivity index (χ2n) is 3.54. The highest BCUT2D eigenvalue weighted by Gasteiger charge is 2.02. The molecule has 0 atom stereocenters. The Balaban J connectivity index is 1.89. The number of hydrogen-bond donors (Lipinski definition) is 1. The molecule has 0 aliphatic heterocycles. The van der Waals surface area contributed by atoms with Crippen molar-refractivity contribution in [3.8, 4) is 0 Å². The first-order chi connectivity index (χ1) is 7.77. The quantitative estimate of drug-likeness (QED) is 0.843. The van der Waals surface area contributed by atoms with Crippen molar-refractivity contribution in [1.29, 1.82) is 0 Å². The Morgan fingerprint density at radius 2 is 2.12 bits per heavy atom. The summed E-state index contributed by atoms with van der Waals surface area (Å²) in [6, 6.07) is 6.74. The van der Waals surface area contributed by atoms with E-state index in [0.717, 1.165) is 5.69 Å². The van der Waals surface area contributed by atoms with Gasteiger partial charge in [0.15, 0.2) is 0 Å². The molecule has 1 aromatic heterocycles. The Bertz CT molecular complexity index is 467. The number of aromatic nitrogens is 3. The van der Waals surface area contributed by atoms with E-state index in [4.69, 9.17) is 0 Å². The normalized spacial score (nSPS) is 10.6. The molecule has 0 spiro atoms. The molecule has 5 heteroatoms. The predicted molar refractivity (Wildman–Crippen MR) is 57.9 cm³/mol. The highest BCUT2D eigenvalue weighted by atomic mass is 19.1. The van der Waals surface area contributed by atoms with Crippen molar-refractivity contribution >= 4 is 0 Å². The molecule has 2 aromatic rings. The second kappa shape index (κ2) is 4.85. The number of nitrogens with one attached hydrogen (secondary N) is 1. The van der Waals surface area contributed by atoms with Crippen LogP contribution in [0.4, 0.5) is 4.39 Å². The Morgan fingerprint density at radius 3 is 2.81 bits per heavy atom. The van der Waals surface area contributed by atoms with Gasteiger partial charge in [0.2, 0.25) is 0 Å². The summed E-state index contributed by atoms with van der Waals surface area (Å²) in [5, 5.41) is 10.7. The van der Waals surface area contributed by atoms with E-state index in [0.29, 0.717) is 18.7 Å². The second-order valence-corrected chi connectivity index (χ2v) is 3.54. The van der Waals surface area contributed by atoms with Crippen LogP contribution in [0.2, 0.25) is 0 Å². The SMILES string of the molecule is Cn1nncc1CNCc1ccccc1F. The smallest absolute Gasteiger partial charge is 0.127 e. The van der Waals surface area contributed by atoms with Crippen LogP contribution in [0, 0.1) is 5.82 Å². The fourth-order valence-electron chi connectivity index (χ4n) is 1.44. The van der Waals surface area contributed by atoms with Gasteiger partial charge in [-0.1, -0.05) is 23.4 Å². The fourth-order valence-corrected chi connectivity index (χ4v) is 1.44. The van der Waals surface area contributed by atoms with E-state index in [1.165, 1.54) is 6.07 Å². The Hall–Kier alpha value is -1.75. The summed E-state index contributed by atoms with van der Waals surface area (Å²) in [6.45, 7) is 1.12. The third-order valence-corrected chi connectivity index (χ3v) is 2.39. The van der Waals surface area contributed by atoms with Crippen LogP contribution in [0.15, 0.2) is 30.5 Å². The number of benzene rings is 1. The zero-order valence-corrected chi connectivity index (χ0v) is 9.02. The summed E-state index contributed by atoms with van der Waals surface area (Å²) in [5.74, 6) is -0.182. The maximum Gasteiger partial charge on any atom is 0.127 e. The molecule has 0 unspecified atom stereocenters. The zero-order chi connectivity index (χ0) is 11.4. The van der Waals surface area contributed by atoms with Crippen LogP contribution in [0.5, 0.6) is 0 Å². The molecule has 0 aliphatic rings. The van der Waals surface area contributed by atoms with Gasteiger partial charge >= 0.3 is 0 Å². The first kappa shape index (κ1) is 10.8. The third kappa shape index (κ3) is 2.43. The molecule has 1 heterocycles. The number of aryl methyl sites for hydroxylation is 1. The van der Waals surface area contributed by atoms with Crippen LogP contribution in [0.1, 0.15) is 11.3 Å². The van der Waals surface area contributed by atoms with Gasteiger partial charge in [0.25, 0.3) is 0 Å². The molecule has 84 valence electrons. The summed E-state index contributed by atoms with van der Waals surface area (Å²) in [7, 11) is 1.83. The van der Waals surface area contributed by atoms with Crippen LogP contribution in [0.25, 0.3) is 0 Å². The van der Waals surface area contributed by atoms with Gasteiger partial charge < -0.3 is 5.32 Å². The maximum atomic E-state index is 13.3. The number of rotatable bonds is 4. The van der Waals surface area contributed by atoms with Gasteiger partial charge in [-0.15, -0.1) is 5.10 Å². The van der Waals surface area contributed by atoms with E-state index >= 15 is 0 Å². The van der Waals surface area contributed by atoms with Gasteiger partial charge in [-0.25, -0.2) is 4.39 Å².